The van der Waals surface area contributed by atoms with Crippen molar-refractivity contribution in [2.45, 2.75) is 19.0 Å². The first-order valence-corrected chi connectivity index (χ1v) is 5.56. The van der Waals surface area contributed by atoms with E-state index in [9.17, 15) is 14.4 Å². The summed E-state index contributed by atoms with van der Waals surface area (Å²) in [5.41, 5.74) is 5.22. The van der Waals surface area contributed by atoms with Gasteiger partial charge >= 0.3 is 11.9 Å². The Bertz CT molecular complexity index is 284. The van der Waals surface area contributed by atoms with Crippen molar-refractivity contribution in [2.75, 3.05) is 11.5 Å². The zero-order chi connectivity index (χ0) is 12.7. The molecule has 1 amide bonds. The van der Waals surface area contributed by atoms with Gasteiger partial charge in [0.25, 0.3) is 0 Å². The number of hydrogen-bond acceptors (Lipinski definition) is 5. The second-order valence-electron chi connectivity index (χ2n) is 3.07. The predicted octanol–water partition coefficient (Wildman–Crippen LogP) is -1.28. The van der Waals surface area contributed by atoms with E-state index < -0.39 is 29.9 Å². The molecule has 0 aromatic carbocycles. The highest BCUT2D eigenvalue weighted by Crippen LogP contribution is 2.05. The smallest absolute Gasteiger partial charge is 0.327 e. The van der Waals surface area contributed by atoms with E-state index in [4.69, 9.17) is 15.9 Å². The van der Waals surface area contributed by atoms with E-state index in [0.29, 0.717) is 0 Å². The summed E-state index contributed by atoms with van der Waals surface area (Å²) in [5, 5.41) is 19.4. The topological polar surface area (TPSA) is 130 Å². The Morgan fingerprint density at radius 2 is 1.81 bits per heavy atom. The van der Waals surface area contributed by atoms with Gasteiger partial charge in [-0.3, -0.25) is 9.59 Å². The third kappa shape index (κ3) is 6.25. The summed E-state index contributed by atoms with van der Waals surface area (Å²) >= 11 is 1.07. The van der Waals surface area contributed by atoms with E-state index >= 15 is 0 Å². The van der Waals surface area contributed by atoms with Crippen molar-refractivity contribution < 1.29 is 24.6 Å². The van der Waals surface area contributed by atoms with Gasteiger partial charge in [0.15, 0.2) is 0 Å². The summed E-state index contributed by atoms with van der Waals surface area (Å²) in [6, 6.07) is -2.06. The van der Waals surface area contributed by atoms with Gasteiger partial charge in [0.2, 0.25) is 5.91 Å². The molecule has 0 heterocycles. The highest BCUT2D eigenvalue weighted by molar-refractivity contribution is 7.99. The number of thioether (sulfide) groups is 1. The van der Waals surface area contributed by atoms with Crippen molar-refractivity contribution in [3.8, 4) is 0 Å². The van der Waals surface area contributed by atoms with Crippen LogP contribution in [0.2, 0.25) is 0 Å². The molecule has 0 fully saturated rings. The monoisotopic (exact) mass is 250 g/mol. The molecule has 0 bridgehead atoms. The van der Waals surface area contributed by atoms with Crippen molar-refractivity contribution in [1.82, 2.24) is 5.32 Å². The Balaban J connectivity index is 3.99. The number of rotatable bonds is 7. The van der Waals surface area contributed by atoms with Crippen LogP contribution in [0.4, 0.5) is 0 Å². The molecule has 2 atom stereocenters. The zero-order valence-electron chi connectivity index (χ0n) is 8.67. The van der Waals surface area contributed by atoms with Crippen molar-refractivity contribution >= 4 is 29.6 Å². The molecule has 0 aliphatic carbocycles. The molecule has 0 saturated heterocycles. The standard InChI is InChI=1S/C8H14N2O5S/c1-4(11)10-6(8(14)15)3-16-2-5(9)7(12)13/h5-6H,2-3,9H2,1H3,(H,10,11)(H,12,13)(H,14,15)/t5-,6-/m0/s1. The fourth-order valence-corrected chi connectivity index (χ4v) is 1.80. The fraction of sp³-hybridized carbons (Fsp3) is 0.625. The molecule has 92 valence electrons. The van der Waals surface area contributed by atoms with Gasteiger partial charge in [-0.2, -0.15) is 11.8 Å². The van der Waals surface area contributed by atoms with Gasteiger partial charge in [0, 0.05) is 18.4 Å². The minimum absolute atomic E-state index is 0.0793. The molecule has 7 nitrogen and oxygen atoms in total. The van der Waals surface area contributed by atoms with Crippen LogP contribution in [-0.4, -0.2) is 51.6 Å². The number of hydrogen-bond donors (Lipinski definition) is 4. The number of nitrogens with two attached hydrogens (primary N) is 1. The lowest BCUT2D eigenvalue weighted by Gasteiger charge is -2.13. The van der Waals surface area contributed by atoms with E-state index in [1.165, 1.54) is 6.92 Å². The molecule has 0 aliphatic heterocycles. The maximum Gasteiger partial charge on any atom is 0.327 e. The van der Waals surface area contributed by atoms with E-state index in [-0.39, 0.29) is 11.5 Å². The van der Waals surface area contributed by atoms with Crippen molar-refractivity contribution in [2.24, 2.45) is 5.73 Å². The van der Waals surface area contributed by atoms with Crippen LogP contribution in [0.15, 0.2) is 0 Å². The summed E-state index contributed by atoms with van der Waals surface area (Å²) < 4.78 is 0. The van der Waals surface area contributed by atoms with E-state index in [1.54, 1.807) is 0 Å². The van der Waals surface area contributed by atoms with E-state index in [2.05, 4.69) is 5.32 Å². The molecule has 0 aromatic rings. The second kappa shape index (κ2) is 7.07. The Morgan fingerprint density at radius 1 is 1.25 bits per heavy atom. The summed E-state index contributed by atoms with van der Waals surface area (Å²) in [6.07, 6.45) is 0. The first-order chi connectivity index (χ1) is 7.34. The molecule has 0 aliphatic rings. The van der Waals surface area contributed by atoms with Gasteiger partial charge in [-0.15, -0.1) is 0 Å². The molecule has 16 heavy (non-hydrogen) atoms. The van der Waals surface area contributed by atoms with Crippen LogP contribution in [0.25, 0.3) is 0 Å². The molecule has 0 aromatic heterocycles. The van der Waals surface area contributed by atoms with Crippen LogP contribution in [0.3, 0.4) is 0 Å². The maximum absolute atomic E-state index is 10.7. The van der Waals surface area contributed by atoms with E-state index in [0.717, 1.165) is 11.8 Å². The van der Waals surface area contributed by atoms with Gasteiger partial charge in [-0.05, 0) is 0 Å². The largest absolute Gasteiger partial charge is 0.480 e. The van der Waals surface area contributed by atoms with Gasteiger partial charge in [-0.1, -0.05) is 0 Å². The number of carbonyl (C=O) groups excluding carboxylic acids is 1. The average Bonchev–Trinajstić information content (AvgIpc) is 2.14. The molecule has 5 N–H and O–H groups in total. The third-order valence-corrected chi connectivity index (χ3v) is 2.74. The minimum Gasteiger partial charge on any atom is -0.480 e. The van der Waals surface area contributed by atoms with E-state index in [1.807, 2.05) is 0 Å². The number of aliphatic carboxylic acids is 2. The number of amides is 1. The first-order valence-electron chi connectivity index (χ1n) is 4.40. The molecular weight excluding hydrogens is 236 g/mol. The highest BCUT2D eigenvalue weighted by atomic mass is 32.2. The number of carboxylic acid groups (broad SMARTS) is 2. The van der Waals surface area contributed by atoms with Crippen LogP contribution in [0.1, 0.15) is 6.92 Å². The highest BCUT2D eigenvalue weighted by Gasteiger charge is 2.19. The van der Waals surface area contributed by atoms with Crippen LogP contribution in [-0.2, 0) is 14.4 Å². The predicted molar refractivity (Wildman–Crippen MR) is 58.2 cm³/mol. The van der Waals surface area contributed by atoms with Crippen LogP contribution < -0.4 is 11.1 Å². The minimum atomic E-state index is -1.16. The molecule has 0 spiro atoms. The lowest BCUT2D eigenvalue weighted by Crippen LogP contribution is -2.42. The van der Waals surface area contributed by atoms with Gasteiger partial charge in [0.1, 0.15) is 12.1 Å². The maximum atomic E-state index is 10.7. The molecule has 8 heteroatoms. The zero-order valence-corrected chi connectivity index (χ0v) is 9.49. The number of carbonyl (C=O) groups is 3. The SMILES string of the molecule is CC(=O)N[C@@H](CSC[C@H](N)C(=O)O)C(=O)O. The lowest BCUT2D eigenvalue weighted by atomic mass is 10.3. The van der Waals surface area contributed by atoms with Crippen LogP contribution >= 0.6 is 11.8 Å². The molecule has 0 rings (SSSR count). The Kier molecular flexibility index (Phi) is 6.50. The van der Waals surface area contributed by atoms with Crippen molar-refractivity contribution in [3.05, 3.63) is 0 Å². The summed E-state index contributed by atoms with van der Waals surface area (Å²) in [6.45, 7) is 1.21. The van der Waals surface area contributed by atoms with Crippen LogP contribution in [0, 0.1) is 0 Å². The lowest BCUT2D eigenvalue weighted by molar-refractivity contribution is -0.140. The van der Waals surface area contributed by atoms with Gasteiger partial charge in [-0.25, -0.2) is 4.79 Å². The Morgan fingerprint density at radius 3 is 2.19 bits per heavy atom. The summed E-state index contributed by atoms with van der Waals surface area (Å²) in [7, 11) is 0. The molecular formula is C8H14N2O5S. The molecule has 0 saturated carbocycles. The Hall–Kier alpha value is -1.28. The summed E-state index contributed by atoms with van der Waals surface area (Å²) in [4.78, 5) is 31.7. The van der Waals surface area contributed by atoms with Gasteiger partial charge in [0.05, 0.1) is 0 Å². The van der Waals surface area contributed by atoms with Crippen LogP contribution in [0.5, 0.6) is 0 Å². The average molecular weight is 250 g/mol. The number of nitrogens with one attached hydrogen (secondary N) is 1. The summed E-state index contributed by atoms with van der Waals surface area (Å²) in [5.74, 6) is -2.57. The second-order valence-corrected chi connectivity index (χ2v) is 4.15. The quantitative estimate of drug-likeness (QED) is 0.442. The fourth-order valence-electron chi connectivity index (χ4n) is 0.804. The van der Waals surface area contributed by atoms with Gasteiger partial charge < -0.3 is 21.3 Å². The first kappa shape index (κ1) is 14.7. The molecule has 0 radical (unpaired) electrons. The molecule has 0 unspecified atom stereocenters. The normalized spacial score (nSPS) is 13.9. The third-order valence-electron chi connectivity index (χ3n) is 1.57. The van der Waals surface area contributed by atoms with Crippen molar-refractivity contribution in [1.29, 1.82) is 0 Å². The Labute approximate surface area is 96.4 Å². The number of carboxylic acids is 2. The van der Waals surface area contributed by atoms with Crippen molar-refractivity contribution in [3.63, 3.8) is 0 Å².